The fourth-order valence-electron chi connectivity index (χ4n) is 3.08. The number of rotatable bonds is 8. The number of nitrogens with one attached hydrogen (secondary N) is 1. The zero-order valence-electron chi connectivity index (χ0n) is 16.6. The molecule has 2 heterocycles. The van der Waals surface area contributed by atoms with Gasteiger partial charge in [0.05, 0.1) is 21.7 Å². The number of hydrogen-bond acceptors (Lipinski definition) is 7. The number of benzene rings is 2. The van der Waals surface area contributed by atoms with Crippen molar-refractivity contribution in [3.63, 3.8) is 0 Å². The predicted octanol–water partition coefficient (Wildman–Crippen LogP) is 3.94. The van der Waals surface area contributed by atoms with Crippen LogP contribution in [-0.4, -0.2) is 46.0 Å². The van der Waals surface area contributed by atoms with Crippen molar-refractivity contribution < 1.29 is 12.8 Å². The van der Waals surface area contributed by atoms with Gasteiger partial charge < -0.3 is 9.40 Å². The van der Waals surface area contributed by atoms with Crippen LogP contribution in [-0.2, 0) is 15.8 Å². The van der Waals surface area contributed by atoms with E-state index in [-0.39, 0.29) is 4.90 Å². The third-order valence-corrected chi connectivity index (χ3v) is 7.48. The summed E-state index contributed by atoms with van der Waals surface area (Å²) < 4.78 is 32.6. The average Bonchev–Trinajstić information content (AvgIpc) is 3.39. The Morgan fingerprint density at radius 1 is 1.07 bits per heavy atom. The first-order valence-corrected chi connectivity index (χ1v) is 11.9. The Balaban J connectivity index is 1.50. The van der Waals surface area contributed by atoms with E-state index in [0.29, 0.717) is 46.8 Å². The lowest BCUT2D eigenvalue weighted by molar-refractivity contribution is 0.445. The van der Waals surface area contributed by atoms with Crippen LogP contribution in [0.2, 0.25) is 0 Å². The minimum atomic E-state index is -3.52. The van der Waals surface area contributed by atoms with Gasteiger partial charge in [-0.25, -0.2) is 13.4 Å². The fourth-order valence-corrected chi connectivity index (χ4v) is 5.20. The van der Waals surface area contributed by atoms with Gasteiger partial charge in [0.15, 0.2) is 0 Å². The molecule has 0 unspecified atom stereocenters. The normalized spacial score (nSPS) is 12.1. The standard InChI is InChI=1S/C20H21N5O3S2/c1-3-25(4-2)30(26,27)15-10-11-16-17(12-15)22-18(21-16)13-29-20-24-23-19(28-20)14-8-6-5-7-9-14/h5-12H,3-4,13H2,1-2H3,(H,21,22). The molecule has 8 nitrogen and oxygen atoms in total. The molecule has 0 fully saturated rings. The monoisotopic (exact) mass is 443 g/mol. The maximum absolute atomic E-state index is 12.7. The van der Waals surface area contributed by atoms with Gasteiger partial charge in [0, 0.05) is 18.7 Å². The number of hydrogen-bond donors (Lipinski definition) is 1. The second-order valence-electron chi connectivity index (χ2n) is 6.48. The van der Waals surface area contributed by atoms with E-state index in [2.05, 4.69) is 20.2 Å². The summed E-state index contributed by atoms with van der Waals surface area (Å²) in [5.74, 6) is 1.66. The van der Waals surface area contributed by atoms with E-state index < -0.39 is 10.0 Å². The van der Waals surface area contributed by atoms with E-state index in [1.807, 2.05) is 44.2 Å². The lowest BCUT2D eigenvalue weighted by Gasteiger charge is -2.18. The minimum absolute atomic E-state index is 0.256. The predicted molar refractivity (Wildman–Crippen MR) is 115 cm³/mol. The van der Waals surface area contributed by atoms with Crippen molar-refractivity contribution in [1.82, 2.24) is 24.5 Å². The van der Waals surface area contributed by atoms with Crippen molar-refractivity contribution in [3.8, 4) is 11.5 Å². The summed E-state index contributed by atoms with van der Waals surface area (Å²) in [5.41, 5.74) is 2.25. The van der Waals surface area contributed by atoms with E-state index in [1.165, 1.54) is 16.1 Å². The summed E-state index contributed by atoms with van der Waals surface area (Å²) in [5, 5.41) is 8.58. The van der Waals surface area contributed by atoms with Crippen LogP contribution in [0.4, 0.5) is 0 Å². The minimum Gasteiger partial charge on any atom is -0.411 e. The largest absolute Gasteiger partial charge is 0.411 e. The van der Waals surface area contributed by atoms with Crippen LogP contribution >= 0.6 is 11.8 Å². The van der Waals surface area contributed by atoms with E-state index in [9.17, 15) is 8.42 Å². The molecule has 0 spiro atoms. The van der Waals surface area contributed by atoms with Crippen LogP contribution in [0, 0.1) is 0 Å². The summed E-state index contributed by atoms with van der Waals surface area (Å²) in [4.78, 5) is 7.97. The van der Waals surface area contributed by atoms with Gasteiger partial charge in [-0.15, -0.1) is 10.2 Å². The van der Waals surface area contributed by atoms with Gasteiger partial charge in [0.1, 0.15) is 5.82 Å². The lowest BCUT2D eigenvalue weighted by atomic mass is 10.2. The summed E-state index contributed by atoms with van der Waals surface area (Å²) in [6.07, 6.45) is 0. The van der Waals surface area contributed by atoms with E-state index in [4.69, 9.17) is 4.42 Å². The van der Waals surface area contributed by atoms with Crippen LogP contribution in [0.3, 0.4) is 0 Å². The highest BCUT2D eigenvalue weighted by Crippen LogP contribution is 2.26. The molecule has 4 aromatic rings. The van der Waals surface area contributed by atoms with Gasteiger partial charge in [-0.3, -0.25) is 0 Å². The van der Waals surface area contributed by atoms with Crippen LogP contribution < -0.4 is 0 Å². The Kier molecular flexibility index (Phi) is 5.89. The smallest absolute Gasteiger partial charge is 0.277 e. The molecule has 4 rings (SSSR count). The first kappa shape index (κ1) is 20.6. The lowest BCUT2D eigenvalue weighted by Crippen LogP contribution is -2.30. The summed E-state index contributed by atoms with van der Waals surface area (Å²) in [6.45, 7) is 4.51. The number of aromatic amines is 1. The van der Waals surface area contributed by atoms with E-state index in [1.54, 1.807) is 18.2 Å². The number of fused-ring (bicyclic) bond motifs is 1. The van der Waals surface area contributed by atoms with E-state index >= 15 is 0 Å². The summed E-state index contributed by atoms with van der Waals surface area (Å²) >= 11 is 1.37. The molecule has 1 N–H and O–H groups in total. The summed E-state index contributed by atoms with van der Waals surface area (Å²) in [7, 11) is -3.52. The number of imidazole rings is 1. The molecule has 156 valence electrons. The molecule has 0 aliphatic carbocycles. The zero-order valence-corrected chi connectivity index (χ0v) is 18.2. The first-order valence-electron chi connectivity index (χ1n) is 9.51. The van der Waals surface area contributed by atoms with Gasteiger partial charge >= 0.3 is 0 Å². The number of H-pyrrole nitrogens is 1. The maximum Gasteiger partial charge on any atom is 0.277 e. The Hall–Kier alpha value is -2.69. The molecule has 0 aliphatic rings. The Labute approximate surface area is 178 Å². The fraction of sp³-hybridized carbons (Fsp3) is 0.250. The second-order valence-corrected chi connectivity index (χ2v) is 9.34. The van der Waals surface area contributed by atoms with Crippen LogP contribution in [0.5, 0.6) is 0 Å². The molecular formula is C20H21N5O3S2. The van der Waals surface area contributed by atoms with Crippen molar-refractivity contribution in [2.24, 2.45) is 0 Å². The number of sulfonamides is 1. The molecule has 0 amide bonds. The van der Waals surface area contributed by atoms with Gasteiger partial charge in [0.25, 0.3) is 5.22 Å². The van der Waals surface area contributed by atoms with Gasteiger partial charge in [0.2, 0.25) is 15.9 Å². The topological polar surface area (TPSA) is 105 Å². The Morgan fingerprint density at radius 3 is 2.57 bits per heavy atom. The molecule has 30 heavy (non-hydrogen) atoms. The maximum atomic E-state index is 12.7. The van der Waals surface area contributed by atoms with Gasteiger partial charge in [-0.1, -0.05) is 43.8 Å². The number of nitrogens with zero attached hydrogens (tertiary/aromatic N) is 4. The molecule has 0 radical (unpaired) electrons. The van der Waals surface area contributed by atoms with Crippen molar-refractivity contribution in [1.29, 1.82) is 0 Å². The highest BCUT2D eigenvalue weighted by molar-refractivity contribution is 7.98. The molecule has 0 atom stereocenters. The second kappa shape index (κ2) is 8.58. The Morgan fingerprint density at radius 2 is 1.83 bits per heavy atom. The van der Waals surface area contributed by atoms with Crippen molar-refractivity contribution in [3.05, 3.63) is 54.4 Å². The van der Waals surface area contributed by atoms with Crippen LogP contribution in [0.15, 0.2) is 63.1 Å². The average molecular weight is 444 g/mol. The molecule has 0 bridgehead atoms. The first-order chi connectivity index (χ1) is 14.5. The molecular weight excluding hydrogens is 422 g/mol. The molecule has 0 saturated heterocycles. The van der Waals surface area contributed by atoms with Crippen LogP contribution in [0.25, 0.3) is 22.5 Å². The van der Waals surface area contributed by atoms with Gasteiger partial charge in [-0.2, -0.15) is 4.31 Å². The third kappa shape index (κ3) is 4.11. The van der Waals surface area contributed by atoms with Crippen LogP contribution in [0.1, 0.15) is 19.7 Å². The van der Waals surface area contributed by atoms with Crippen molar-refractivity contribution in [2.45, 2.75) is 29.7 Å². The zero-order chi connectivity index (χ0) is 21.1. The van der Waals surface area contributed by atoms with Gasteiger partial charge in [-0.05, 0) is 30.3 Å². The highest BCUT2D eigenvalue weighted by Gasteiger charge is 2.22. The quantitative estimate of drug-likeness (QED) is 0.411. The molecule has 0 saturated carbocycles. The Bertz CT molecular complexity index is 1250. The summed E-state index contributed by atoms with van der Waals surface area (Å²) in [6, 6.07) is 14.5. The van der Waals surface area contributed by atoms with Crippen molar-refractivity contribution >= 4 is 32.8 Å². The number of aromatic nitrogens is 4. The van der Waals surface area contributed by atoms with E-state index in [0.717, 1.165) is 5.56 Å². The molecule has 2 aromatic heterocycles. The number of thioether (sulfide) groups is 1. The van der Waals surface area contributed by atoms with Crippen molar-refractivity contribution in [2.75, 3.05) is 13.1 Å². The molecule has 2 aromatic carbocycles. The third-order valence-electron chi connectivity index (χ3n) is 4.61. The molecule has 10 heteroatoms. The molecule has 0 aliphatic heterocycles. The highest BCUT2D eigenvalue weighted by atomic mass is 32.2. The SMILES string of the molecule is CCN(CC)S(=O)(=O)c1ccc2nc(CSc3nnc(-c4ccccc4)o3)[nH]c2c1.